The van der Waals surface area contributed by atoms with Gasteiger partial charge in [0, 0.05) is 42.3 Å². The maximum absolute atomic E-state index is 4.82. The van der Waals surface area contributed by atoms with Crippen molar-refractivity contribution in [1.29, 1.82) is 0 Å². The van der Waals surface area contributed by atoms with E-state index in [1.54, 1.807) is 17.1 Å². The summed E-state index contributed by atoms with van der Waals surface area (Å²) >= 11 is 0. The number of rotatable bonds is 6. The Balaban J connectivity index is 1.26. The average Bonchev–Trinajstić information content (AvgIpc) is 3.50. The highest BCUT2D eigenvalue weighted by molar-refractivity contribution is 5.65. The Labute approximate surface area is 201 Å². The van der Waals surface area contributed by atoms with E-state index >= 15 is 0 Å². The number of aryl methyl sites for hydroxylation is 1. The normalized spacial score (nSPS) is 11.1. The summed E-state index contributed by atoms with van der Waals surface area (Å²) < 4.78 is 3.71. The molecule has 0 aliphatic carbocycles. The second-order valence-corrected chi connectivity index (χ2v) is 8.05. The molecule has 0 spiro atoms. The predicted octanol–water partition coefficient (Wildman–Crippen LogP) is 4.32. The van der Waals surface area contributed by atoms with Gasteiger partial charge in [0.1, 0.15) is 11.6 Å². The Kier molecular flexibility index (Phi) is 5.19. The third-order valence-electron chi connectivity index (χ3n) is 5.71. The molecule has 0 saturated heterocycles. The molecule has 0 atom stereocenters. The zero-order valence-corrected chi connectivity index (χ0v) is 18.9. The minimum absolute atomic E-state index is 0.498. The second-order valence-electron chi connectivity index (χ2n) is 8.05. The van der Waals surface area contributed by atoms with Crippen LogP contribution in [0.1, 0.15) is 11.5 Å². The van der Waals surface area contributed by atoms with Crippen LogP contribution in [0.3, 0.4) is 0 Å². The minimum atomic E-state index is 0.498. The quantitative estimate of drug-likeness (QED) is 0.396. The zero-order chi connectivity index (χ0) is 23.6. The number of aromatic nitrogens is 8. The first-order chi connectivity index (χ1) is 17.2. The first-order valence-electron chi connectivity index (χ1n) is 11.2. The Hall–Kier alpha value is -4.92. The van der Waals surface area contributed by atoms with Gasteiger partial charge in [-0.15, -0.1) is 10.2 Å². The molecule has 1 N–H and O–H groups in total. The molecule has 0 radical (unpaired) electrons. The number of nitrogens with one attached hydrogen (secondary N) is 1. The molecule has 1 aromatic carbocycles. The number of nitrogens with zero attached hydrogens (tertiary/aromatic N) is 8. The molecule has 0 aliphatic heterocycles. The van der Waals surface area contributed by atoms with Gasteiger partial charge in [0.25, 0.3) is 0 Å². The lowest BCUT2D eigenvalue weighted by molar-refractivity contribution is 0.775. The van der Waals surface area contributed by atoms with Gasteiger partial charge in [-0.1, -0.05) is 36.4 Å². The van der Waals surface area contributed by atoms with E-state index in [0.717, 1.165) is 45.5 Å². The summed E-state index contributed by atoms with van der Waals surface area (Å²) in [5.74, 6) is 2.13. The lowest BCUT2D eigenvalue weighted by Gasteiger charge is -2.07. The van der Waals surface area contributed by atoms with Gasteiger partial charge in [0.15, 0.2) is 5.65 Å². The van der Waals surface area contributed by atoms with Crippen molar-refractivity contribution >= 4 is 17.4 Å². The van der Waals surface area contributed by atoms with Crippen molar-refractivity contribution in [2.24, 2.45) is 7.05 Å². The van der Waals surface area contributed by atoms with Crippen molar-refractivity contribution in [3.63, 3.8) is 0 Å². The summed E-state index contributed by atoms with van der Waals surface area (Å²) in [6.45, 7) is 0. The predicted molar refractivity (Wildman–Crippen MR) is 133 cm³/mol. The fourth-order valence-corrected chi connectivity index (χ4v) is 3.92. The highest BCUT2D eigenvalue weighted by Gasteiger charge is 2.11. The number of pyridine rings is 2. The third-order valence-corrected chi connectivity index (χ3v) is 5.71. The SMILES string of the molecule is Cn1nccc1Nc1nccc(-c2ccn3c(Cc4cccc(-c5ccccc5)n4)nnc3c2)n1. The van der Waals surface area contributed by atoms with E-state index in [2.05, 4.69) is 42.7 Å². The van der Waals surface area contributed by atoms with Crippen LogP contribution >= 0.6 is 0 Å². The van der Waals surface area contributed by atoms with Crippen LogP contribution in [0.4, 0.5) is 11.8 Å². The number of benzene rings is 1. The van der Waals surface area contributed by atoms with Gasteiger partial charge in [-0.05, 0) is 30.3 Å². The van der Waals surface area contributed by atoms with Crippen LogP contribution in [0, 0.1) is 0 Å². The molecule has 0 aliphatic rings. The lowest BCUT2D eigenvalue weighted by Crippen LogP contribution is -2.03. The topological polar surface area (TPSA) is 98.7 Å². The van der Waals surface area contributed by atoms with Crippen molar-refractivity contribution < 1.29 is 0 Å². The largest absolute Gasteiger partial charge is 0.309 e. The maximum atomic E-state index is 4.82. The van der Waals surface area contributed by atoms with Crippen LogP contribution < -0.4 is 5.32 Å². The third kappa shape index (κ3) is 4.22. The molecule has 0 bridgehead atoms. The maximum Gasteiger partial charge on any atom is 0.228 e. The van der Waals surface area contributed by atoms with Gasteiger partial charge in [0.05, 0.1) is 24.0 Å². The first-order valence-corrected chi connectivity index (χ1v) is 11.2. The summed E-state index contributed by atoms with van der Waals surface area (Å²) in [6.07, 6.45) is 5.99. The van der Waals surface area contributed by atoms with E-state index in [9.17, 15) is 0 Å². The molecule has 0 unspecified atom stereocenters. The van der Waals surface area contributed by atoms with Crippen LogP contribution in [0.15, 0.2) is 91.4 Å². The van der Waals surface area contributed by atoms with E-state index in [1.807, 2.05) is 78.3 Å². The molecule has 6 rings (SSSR count). The molecular formula is C26H21N9. The summed E-state index contributed by atoms with van der Waals surface area (Å²) in [6, 6.07) is 23.9. The van der Waals surface area contributed by atoms with Gasteiger partial charge in [-0.2, -0.15) is 5.10 Å². The van der Waals surface area contributed by atoms with E-state index < -0.39 is 0 Å². The molecule has 0 fully saturated rings. The highest BCUT2D eigenvalue weighted by Crippen LogP contribution is 2.22. The van der Waals surface area contributed by atoms with E-state index in [0.29, 0.717) is 12.4 Å². The number of hydrogen-bond donors (Lipinski definition) is 1. The molecule has 6 aromatic rings. The number of anilines is 2. The van der Waals surface area contributed by atoms with Crippen molar-refractivity contribution in [1.82, 2.24) is 39.3 Å². The van der Waals surface area contributed by atoms with E-state index in [1.165, 1.54) is 0 Å². The standard InChI is InChI=1S/C26H21N9/c1-34-23(11-14-28-34)31-26-27-13-10-22(30-26)19-12-15-35-24(16-19)32-33-25(35)17-20-8-5-9-21(29-20)18-6-3-2-4-7-18/h2-16H,17H2,1H3,(H,27,30,31). The summed E-state index contributed by atoms with van der Waals surface area (Å²) in [5, 5.41) is 16.2. The van der Waals surface area contributed by atoms with Crippen LogP contribution in [-0.2, 0) is 13.5 Å². The van der Waals surface area contributed by atoms with Gasteiger partial charge >= 0.3 is 0 Å². The molecule has 0 amide bonds. The van der Waals surface area contributed by atoms with Crippen molar-refractivity contribution in [3.05, 3.63) is 103 Å². The number of hydrogen-bond acceptors (Lipinski definition) is 7. The van der Waals surface area contributed by atoms with Crippen molar-refractivity contribution in [2.45, 2.75) is 6.42 Å². The monoisotopic (exact) mass is 459 g/mol. The molecule has 5 aromatic heterocycles. The molecule has 170 valence electrons. The van der Waals surface area contributed by atoms with Crippen LogP contribution in [-0.4, -0.2) is 39.3 Å². The fraction of sp³-hybridized carbons (Fsp3) is 0.0769. The Morgan fingerprint density at radius 2 is 1.69 bits per heavy atom. The van der Waals surface area contributed by atoms with Crippen molar-refractivity contribution in [2.75, 3.05) is 5.32 Å². The lowest BCUT2D eigenvalue weighted by atomic mass is 10.1. The van der Waals surface area contributed by atoms with Crippen LogP contribution in [0.5, 0.6) is 0 Å². The summed E-state index contributed by atoms with van der Waals surface area (Å²) in [7, 11) is 1.86. The minimum Gasteiger partial charge on any atom is -0.309 e. The summed E-state index contributed by atoms with van der Waals surface area (Å²) in [4.78, 5) is 13.8. The Morgan fingerprint density at radius 1 is 0.800 bits per heavy atom. The molecular weight excluding hydrogens is 438 g/mol. The van der Waals surface area contributed by atoms with Gasteiger partial charge in [0.2, 0.25) is 5.95 Å². The summed E-state index contributed by atoms with van der Waals surface area (Å²) in [5.41, 5.74) is 5.43. The van der Waals surface area contributed by atoms with Gasteiger partial charge < -0.3 is 5.32 Å². The fourth-order valence-electron chi connectivity index (χ4n) is 3.92. The van der Waals surface area contributed by atoms with Gasteiger partial charge in [-0.3, -0.25) is 14.1 Å². The molecule has 0 saturated carbocycles. The average molecular weight is 460 g/mol. The van der Waals surface area contributed by atoms with E-state index in [-0.39, 0.29) is 0 Å². The molecule has 9 nitrogen and oxygen atoms in total. The second kappa shape index (κ2) is 8.79. The molecule has 35 heavy (non-hydrogen) atoms. The smallest absolute Gasteiger partial charge is 0.228 e. The van der Waals surface area contributed by atoms with E-state index in [4.69, 9.17) is 4.98 Å². The number of fused-ring (bicyclic) bond motifs is 1. The van der Waals surface area contributed by atoms with Crippen LogP contribution in [0.25, 0.3) is 28.2 Å². The zero-order valence-electron chi connectivity index (χ0n) is 18.9. The highest BCUT2D eigenvalue weighted by atomic mass is 15.3. The van der Waals surface area contributed by atoms with Crippen molar-refractivity contribution in [3.8, 4) is 22.5 Å². The van der Waals surface area contributed by atoms with Gasteiger partial charge in [-0.25, -0.2) is 9.97 Å². The first kappa shape index (κ1) is 20.7. The molecule has 9 heteroatoms. The Bertz CT molecular complexity index is 1620. The molecule has 5 heterocycles. The Morgan fingerprint density at radius 3 is 2.54 bits per heavy atom. The van der Waals surface area contributed by atoms with Crippen LogP contribution in [0.2, 0.25) is 0 Å².